The molecule has 74 valence electrons. The van der Waals surface area contributed by atoms with Gasteiger partial charge in [0, 0.05) is 0 Å². The normalized spacial score (nSPS) is 10.1. The van der Waals surface area contributed by atoms with Crippen LogP contribution in [0.1, 0.15) is 0 Å². The van der Waals surface area contributed by atoms with Gasteiger partial charge >= 0.3 is 92.9 Å². The summed E-state index contributed by atoms with van der Waals surface area (Å²) in [5.41, 5.74) is 0.894. The Labute approximate surface area is 93.1 Å². The maximum absolute atomic E-state index is 11.9. The molecule has 2 rings (SSSR count). The Morgan fingerprint density at radius 2 is 2.13 bits per heavy atom. The molecule has 4 heteroatoms. The molecule has 0 aliphatic heterocycles. The Morgan fingerprint density at radius 1 is 1.40 bits per heavy atom. The predicted octanol–water partition coefficient (Wildman–Crippen LogP) is 0.349. The summed E-state index contributed by atoms with van der Waals surface area (Å²) in [4.78, 5) is 14.0. The van der Waals surface area contributed by atoms with Crippen LogP contribution in [0.4, 0.5) is 0 Å². The fraction of sp³-hybridized carbons (Fsp3) is 0.0909. The van der Waals surface area contributed by atoms with Crippen LogP contribution in [-0.2, 0) is 7.05 Å². The number of hydrogen-bond acceptors (Lipinski definition) is 2. The van der Waals surface area contributed by atoms with Crippen molar-refractivity contribution in [2.75, 3.05) is 0 Å². The Morgan fingerprint density at radius 3 is 2.87 bits per heavy atom. The van der Waals surface area contributed by atoms with Gasteiger partial charge in [-0.05, 0) is 0 Å². The van der Waals surface area contributed by atoms with Crippen LogP contribution in [-0.4, -0.2) is 19.5 Å². The molecule has 0 fully saturated rings. The molecule has 3 nitrogen and oxygen atoms in total. The van der Waals surface area contributed by atoms with Crippen LogP contribution in [0.3, 0.4) is 0 Å². The van der Waals surface area contributed by atoms with Crippen LogP contribution >= 0.6 is 0 Å². The van der Waals surface area contributed by atoms with Gasteiger partial charge in [-0.2, -0.15) is 0 Å². The molecule has 2 aromatic rings. The second kappa shape index (κ2) is 3.90. The molecule has 0 aliphatic carbocycles. The first-order valence-electron chi connectivity index (χ1n) is 4.38. The van der Waals surface area contributed by atoms with Crippen LogP contribution < -0.4 is 9.89 Å². The summed E-state index contributed by atoms with van der Waals surface area (Å²) in [7, 11) is 1.89. The minimum absolute atomic E-state index is 0.00903. The van der Waals surface area contributed by atoms with Gasteiger partial charge in [0.25, 0.3) is 0 Å². The number of nitriles is 1. The Kier molecular flexibility index (Phi) is 2.59. The number of benzene rings is 1. The predicted molar refractivity (Wildman–Crippen MR) is 60.2 cm³/mol. The van der Waals surface area contributed by atoms with E-state index in [1.807, 2.05) is 29.8 Å². The Hall–Kier alpha value is -1.56. The van der Waals surface area contributed by atoms with Crippen LogP contribution in [0.5, 0.6) is 0 Å². The molecule has 0 radical (unpaired) electrons. The molecule has 0 unspecified atom stereocenters. The summed E-state index contributed by atoms with van der Waals surface area (Å²) in [6.07, 6.45) is 1.76. The zero-order valence-electron chi connectivity index (χ0n) is 8.10. The first-order chi connectivity index (χ1) is 7.24. The second-order valence-corrected chi connectivity index (χ2v) is 4.88. The summed E-state index contributed by atoms with van der Waals surface area (Å²) < 4.78 is 2.51. The van der Waals surface area contributed by atoms with E-state index in [1.165, 1.54) is 0 Å². The average Bonchev–Trinajstić information content (AvgIpc) is 2.26. The molecular weight excluding hydrogens is 255 g/mol. The van der Waals surface area contributed by atoms with Gasteiger partial charge in [0.2, 0.25) is 0 Å². The molecule has 1 aromatic carbocycles. The third-order valence-electron chi connectivity index (χ3n) is 2.22. The number of para-hydroxylation sites is 1. The van der Waals surface area contributed by atoms with Crippen molar-refractivity contribution in [3.05, 3.63) is 40.7 Å². The van der Waals surface area contributed by atoms with Crippen LogP contribution in [0.15, 0.2) is 35.3 Å². The van der Waals surface area contributed by atoms with E-state index in [0.717, 1.165) is 5.52 Å². The molecule has 0 atom stereocenters. The molecule has 1 heterocycles. The molecule has 0 amide bonds. The van der Waals surface area contributed by atoms with Gasteiger partial charge < -0.3 is 0 Å². The van der Waals surface area contributed by atoms with Crippen molar-refractivity contribution in [2.24, 2.45) is 7.05 Å². The SMILES string of the molecule is Cn1cc([Se]C#N)c(=O)c2ccccc21. The van der Waals surface area contributed by atoms with Crippen molar-refractivity contribution in [1.29, 1.82) is 5.26 Å². The van der Waals surface area contributed by atoms with Crippen molar-refractivity contribution in [1.82, 2.24) is 4.57 Å². The van der Waals surface area contributed by atoms with Crippen molar-refractivity contribution in [3.63, 3.8) is 0 Å². The van der Waals surface area contributed by atoms with E-state index < -0.39 is 15.0 Å². The summed E-state index contributed by atoms with van der Waals surface area (Å²) >= 11 is -0.390. The third kappa shape index (κ3) is 1.68. The number of aromatic nitrogens is 1. The maximum atomic E-state index is 11.9. The van der Waals surface area contributed by atoms with E-state index in [2.05, 4.69) is 4.97 Å². The summed E-state index contributed by atoms with van der Waals surface area (Å²) in [5, 5.41) is 9.33. The number of hydrogen-bond donors (Lipinski definition) is 0. The van der Waals surface area contributed by atoms with Gasteiger partial charge in [0.05, 0.1) is 0 Å². The molecular formula is C11H8N2OSe. The molecule has 0 N–H and O–H groups in total. The monoisotopic (exact) mass is 264 g/mol. The number of nitrogens with zero attached hydrogens (tertiary/aromatic N) is 2. The van der Waals surface area contributed by atoms with E-state index in [0.29, 0.717) is 9.85 Å². The van der Waals surface area contributed by atoms with Gasteiger partial charge in [-0.1, -0.05) is 0 Å². The van der Waals surface area contributed by atoms with Crippen molar-refractivity contribution >= 4 is 30.3 Å². The average molecular weight is 263 g/mol. The van der Waals surface area contributed by atoms with E-state index >= 15 is 0 Å². The topological polar surface area (TPSA) is 45.8 Å². The summed E-state index contributed by atoms with van der Waals surface area (Å²) in [5.74, 6) is 0. The molecule has 0 spiro atoms. The van der Waals surface area contributed by atoms with Gasteiger partial charge in [0.1, 0.15) is 0 Å². The van der Waals surface area contributed by atoms with Gasteiger partial charge in [0.15, 0.2) is 0 Å². The number of fused-ring (bicyclic) bond motifs is 1. The van der Waals surface area contributed by atoms with Crippen LogP contribution in [0.25, 0.3) is 10.9 Å². The van der Waals surface area contributed by atoms with E-state index in [-0.39, 0.29) is 5.43 Å². The van der Waals surface area contributed by atoms with Crippen LogP contribution in [0.2, 0.25) is 0 Å². The zero-order valence-corrected chi connectivity index (χ0v) is 9.81. The molecule has 0 bridgehead atoms. The summed E-state index contributed by atoms with van der Waals surface area (Å²) in [6, 6.07) is 7.44. The quantitative estimate of drug-likeness (QED) is 0.697. The fourth-order valence-corrected chi connectivity index (χ4v) is 2.61. The van der Waals surface area contributed by atoms with E-state index in [4.69, 9.17) is 5.26 Å². The first kappa shape index (κ1) is 9.97. The molecule has 0 saturated carbocycles. The van der Waals surface area contributed by atoms with Crippen molar-refractivity contribution in [2.45, 2.75) is 0 Å². The van der Waals surface area contributed by atoms with Gasteiger partial charge in [-0.25, -0.2) is 0 Å². The number of pyridine rings is 1. The third-order valence-corrected chi connectivity index (χ3v) is 3.48. The van der Waals surface area contributed by atoms with E-state index in [9.17, 15) is 4.79 Å². The minimum atomic E-state index is -0.390. The van der Waals surface area contributed by atoms with Crippen molar-refractivity contribution < 1.29 is 0 Å². The Bertz CT molecular complexity index is 610. The van der Waals surface area contributed by atoms with Gasteiger partial charge in [-0.3, -0.25) is 0 Å². The standard InChI is InChI=1S/C11H8N2OSe/c1-13-6-10(15-7-12)11(14)8-4-2-3-5-9(8)13/h2-6H,1H3. The zero-order chi connectivity index (χ0) is 10.8. The number of aryl methyl sites for hydroxylation is 1. The summed E-state index contributed by atoms with van der Waals surface area (Å²) in [6.45, 7) is 0. The molecule has 0 saturated heterocycles. The first-order valence-corrected chi connectivity index (χ1v) is 6.09. The fourth-order valence-electron chi connectivity index (χ4n) is 1.53. The number of rotatable bonds is 1. The van der Waals surface area contributed by atoms with Crippen molar-refractivity contribution in [3.8, 4) is 4.97 Å². The molecule has 15 heavy (non-hydrogen) atoms. The van der Waals surface area contributed by atoms with Crippen LogP contribution in [0, 0.1) is 10.2 Å². The molecule has 1 aromatic heterocycles. The van der Waals surface area contributed by atoms with E-state index in [1.54, 1.807) is 12.3 Å². The van der Waals surface area contributed by atoms with Gasteiger partial charge in [-0.15, -0.1) is 0 Å². The second-order valence-electron chi connectivity index (χ2n) is 3.14. The molecule has 0 aliphatic rings. The Balaban J connectivity index is 2.86.